The minimum Gasteiger partial charge on any atom is -0.166 e. The molecule has 1 aromatic rings. The molecule has 0 N–H and O–H groups in total. The monoisotopic (exact) mass is 239 g/mol. The molecule has 16 heavy (non-hydrogen) atoms. The van der Waals surface area contributed by atoms with Gasteiger partial charge < -0.3 is 0 Å². The Labute approximate surface area is 87.2 Å². The summed E-state index contributed by atoms with van der Waals surface area (Å²) < 4.78 is 73.6. The predicted molar refractivity (Wildman–Crippen MR) is 45.2 cm³/mol. The smallest absolute Gasteiger partial charge is 0.166 e. The second-order valence-corrected chi connectivity index (χ2v) is 2.96. The highest BCUT2D eigenvalue weighted by Gasteiger charge is 2.37. The zero-order valence-corrected chi connectivity index (χ0v) is 7.65. The van der Waals surface area contributed by atoms with Crippen molar-refractivity contribution in [2.75, 3.05) is 0 Å². The van der Waals surface area contributed by atoms with Gasteiger partial charge in [-0.2, -0.15) is 26.3 Å². The van der Waals surface area contributed by atoms with E-state index >= 15 is 0 Å². The van der Waals surface area contributed by atoms with Crippen LogP contribution in [0, 0.1) is 6.58 Å². The van der Waals surface area contributed by atoms with Crippen molar-refractivity contribution in [1.82, 2.24) is 0 Å². The van der Waals surface area contributed by atoms with Gasteiger partial charge in [0.15, 0.2) is 0 Å². The van der Waals surface area contributed by atoms with Gasteiger partial charge in [-0.25, -0.2) is 0 Å². The molecule has 87 valence electrons. The Morgan fingerprint density at radius 2 is 1.50 bits per heavy atom. The fourth-order valence-corrected chi connectivity index (χ4v) is 1.12. The van der Waals surface area contributed by atoms with Crippen molar-refractivity contribution >= 4 is 6.08 Å². The number of hydrogen-bond donors (Lipinski definition) is 0. The van der Waals surface area contributed by atoms with E-state index in [0.29, 0.717) is 18.2 Å². The molecule has 0 bridgehead atoms. The number of hydrogen-bond acceptors (Lipinski definition) is 0. The zero-order valence-electron chi connectivity index (χ0n) is 7.65. The van der Waals surface area contributed by atoms with E-state index in [1.54, 1.807) is 0 Å². The first-order valence-corrected chi connectivity index (χ1v) is 3.99. The molecule has 0 atom stereocenters. The van der Waals surface area contributed by atoms with Crippen molar-refractivity contribution in [3.8, 4) is 0 Å². The molecule has 1 aromatic carbocycles. The molecular formula is C10H5F6. The van der Waals surface area contributed by atoms with Crippen LogP contribution >= 0.6 is 0 Å². The molecule has 0 aliphatic rings. The van der Waals surface area contributed by atoms with Crippen LogP contribution in [0.3, 0.4) is 0 Å². The van der Waals surface area contributed by atoms with Crippen molar-refractivity contribution in [2.45, 2.75) is 12.4 Å². The third-order valence-electron chi connectivity index (χ3n) is 1.87. The van der Waals surface area contributed by atoms with Crippen molar-refractivity contribution < 1.29 is 26.3 Å². The van der Waals surface area contributed by atoms with Crippen LogP contribution in [0.1, 0.15) is 16.7 Å². The Morgan fingerprint density at radius 1 is 0.938 bits per heavy atom. The molecule has 0 spiro atoms. The number of benzene rings is 1. The van der Waals surface area contributed by atoms with E-state index in [0.717, 1.165) is 0 Å². The highest BCUT2D eigenvalue weighted by atomic mass is 19.4. The first-order valence-electron chi connectivity index (χ1n) is 3.99. The fourth-order valence-electron chi connectivity index (χ4n) is 1.12. The minimum atomic E-state index is -4.87. The van der Waals surface area contributed by atoms with Crippen LogP contribution in [0.2, 0.25) is 0 Å². The summed E-state index contributed by atoms with van der Waals surface area (Å²) in [7, 11) is 0. The highest BCUT2D eigenvalue weighted by molar-refractivity contribution is 5.53. The van der Waals surface area contributed by atoms with Gasteiger partial charge in [0, 0.05) is 0 Å². The lowest BCUT2D eigenvalue weighted by atomic mass is 10.0. The Kier molecular flexibility index (Phi) is 3.03. The predicted octanol–water partition coefficient (Wildman–Crippen LogP) is 4.17. The van der Waals surface area contributed by atoms with E-state index in [-0.39, 0.29) is 6.07 Å². The SMILES string of the molecule is [CH]=Cc1ccc(C(F)(F)F)cc1C(F)(F)F. The second-order valence-electron chi connectivity index (χ2n) is 2.96. The van der Waals surface area contributed by atoms with Crippen molar-refractivity contribution in [1.29, 1.82) is 0 Å². The molecular weight excluding hydrogens is 234 g/mol. The molecule has 1 radical (unpaired) electrons. The topological polar surface area (TPSA) is 0 Å². The van der Waals surface area contributed by atoms with E-state index in [2.05, 4.69) is 0 Å². The van der Waals surface area contributed by atoms with Gasteiger partial charge >= 0.3 is 12.4 Å². The van der Waals surface area contributed by atoms with Gasteiger partial charge in [0.1, 0.15) is 0 Å². The molecule has 0 amide bonds. The Balaban J connectivity index is 3.39. The fraction of sp³-hybridized carbons (Fsp3) is 0.200. The van der Waals surface area contributed by atoms with E-state index in [1.807, 2.05) is 0 Å². The average molecular weight is 239 g/mol. The summed E-state index contributed by atoms with van der Waals surface area (Å²) in [5.74, 6) is 0. The summed E-state index contributed by atoms with van der Waals surface area (Å²) in [5, 5.41) is 0. The van der Waals surface area contributed by atoms with Gasteiger partial charge in [-0.15, -0.1) is 0 Å². The first kappa shape index (κ1) is 12.6. The molecule has 0 aliphatic heterocycles. The van der Waals surface area contributed by atoms with Gasteiger partial charge in [0.25, 0.3) is 0 Å². The molecule has 0 fully saturated rings. The Hall–Kier alpha value is -1.46. The standard InChI is InChI=1S/C10H5F6/c1-2-6-3-4-7(9(11,12)13)5-8(6)10(14,15)16/h1-5H. The first-order chi connectivity index (χ1) is 7.16. The average Bonchev–Trinajstić information content (AvgIpc) is 2.14. The van der Waals surface area contributed by atoms with Crippen LogP contribution in [0.15, 0.2) is 18.2 Å². The molecule has 0 aliphatic carbocycles. The lowest BCUT2D eigenvalue weighted by Crippen LogP contribution is -2.12. The number of rotatable bonds is 1. The maximum Gasteiger partial charge on any atom is 0.417 e. The van der Waals surface area contributed by atoms with Crippen LogP contribution in [0.4, 0.5) is 26.3 Å². The summed E-state index contributed by atoms with van der Waals surface area (Å²) in [6.45, 7) is 4.90. The minimum absolute atomic E-state index is 0.0404. The molecule has 0 saturated carbocycles. The third kappa shape index (κ3) is 2.56. The maximum atomic E-state index is 12.4. The van der Waals surface area contributed by atoms with Gasteiger partial charge in [0.2, 0.25) is 0 Å². The maximum absolute atomic E-state index is 12.4. The van der Waals surface area contributed by atoms with E-state index in [9.17, 15) is 26.3 Å². The number of alkyl halides is 6. The third-order valence-corrected chi connectivity index (χ3v) is 1.87. The van der Waals surface area contributed by atoms with Crippen molar-refractivity contribution in [2.24, 2.45) is 0 Å². The van der Waals surface area contributed by atoms with Crippen LogP contribution in [-0.4, -0.2) is 0 Å². The lowest BCUT2D eigenvalue weighted by Gasteiger charge is -2.13. The van der Waals surface area contributed by atoms with E-state index in [4.69, 9.17) is 6.58 Å². The van der Waals surface area contributed by atoms with E-state index in [1.165, 1.54) is 0 Å². The van der Waals surface area contributed by atoms with E-state index < -0.39 is 29.0 Å². The van der Waals surface area contributed by atoms with Gasteiger partial charge in [-0.1, -0.05) is 18.7 Å². The highest BCUT2D eigenvalue weighted by Crippen LogP contribution is 2.37. The zero-order chi connectivity index (χ0) is 12.6. The summed E-state index contributed by atoms with van der Waals surface area (Å²) in [6.07, 6.45) is -9.07. The molecule has 0 saturated heterocycles. The molecule has 0 heterocycles. The molecule has 0 nitrogen and oxygen atoms in total. The van der Waals surface area contributed by atoms with Gasteiger partial charge in [-0.05, 0) is 17.7 Å². The van der Waals surface area contributed by atoms with Crippen LogP contribution in [-0.2, 0) is 12.4 Å². The van der Waals surface area contributed by atoms with Gasteiger partial charge in [-0.3, -0.25) is 0 Å². The summed E-state index contributed by atoms with van der Waals surface area (Å²) in [6, 6.07) is 1.28. The van der Waals surface area contributed by atoms with Crippen LogP contribution in [0.25, 0.3) is 6.08 Å². The number of halogens is 6. The summed E-state index contributed by atoms with van der Waals surface area (Å²) in [5.41, 5.74) is -3.24. The quantitative estimate of drug-likeness (QED) is 0.645. The summed E-state index contributed by atoms with van der Waals surface area (Å²) in [4.78, 5) is 0. The van der Waals surface area contributed by atoms with Crippen LogP contribution < -0.4 is 0 Å². The second kappa shape index (κ2) is 3.84. The molecule has 1 rings (SSSR count). The van der Waals surface area contributed by atoms with Crippen molar-refractivity contribution in [3.05, 3.63) is 41.5 Å². The van der Waals surface area contributed by atoms with Crippen LogP contribution in [0.5, 0.6) is 0 Å². The normalized spacial score (nSPS) is 12.6. The largest absolute Gasteiger partial charge is 0.417 e. The molecule has 0 unspecified atom stereocenters. The molecule has 0 aromatic heterocycles. The Bertz CT molecular complexity index is 399. The Morgan fingerprint density at radius 3 is 1.88 bits per heavy atom. The van der Waals surface area contributed by atoms with Gasteiger partial charge in [0.05, 0.1) is 11.1 Å². The van der Waals surface area contributed by atoms with Crippen molar-refractivity contribution in [3.63, 3.8) is 0 Å². The lowest BCUT2D eigenvalue weighted by molar-refractivity contribution is -0.143. The molecule has 6 heteroatoms. The summed E-state index contributed by atoms with van der Waals surface area (Å²) >= 11 is 0.